The van der Waals surface area contributed by atoms with Crippen LogP contribution in [0.1, 0.15) is 31.3 Å². The number of esters is 1. The van der Waals surface area contributed by atoms with Gasteiger partial charge < -0.3 is 8.92 Å². The number of rotatable bonds is 3. The summed E-state index contributed by atoms with van der Waals surface area (Å²) in [7, 11) is 0.0229. The van der Waals surface area contributed by atoms with Crippen molar-refractivity contribution in [3.63, 3.8) is 0 Å². The molecule has 17 heavy (non-hydrogen) atoms. The van der Waals surface area contributed by atoms with Crippen molar-refractivity contribution in [1.29, 1.82) is 0 Å². The minimum atomic E-state index is -1.30. The maximum atomic E-state index is 11.2. The van der Waals surface area contributed by atoms with Crippen molar-refractivity contribution in [1.82, 2.24) is 10.2 Å². The largest absolute Gasteiger partial charge is 0.464 e. The molecule has 0 amide bonds. The summed E-state index contributed by atoms with van der Waals surface area (Å²) in [5, 5.41) is 6.55. The Kier molecular flexibility index (Phi) is 3.76. The second-order valence-electron chi connectivity index (χ2n) is 5.04. The average Bonchev–Trinajstić information content (AvgIpc) is 2.62. The predicted octanol–water partition coefficient (Wildman–Crippen LogP) is 2.35. The van der Waals surface area contributed by atoms with Crippen molar-refractivity contribution >= 4 is 16.3 Å². The summed E-state index contributed by atoms with van der Waals surface area (Å²) in [4.78, 5) is 11.2. The molecular weight excluding hydrogens is 240 g/mol. The molecule has 0 saturated carbocycles. The van der Waals surface area contributed by atoms with E-state index in [1.807, 2.05) is 0 Å². The molecule has 1 N–H and O–H groups in total. The lowest BCUT2D eigenvalue weighted by atomic mass is 10.3. The molecule has 5 nitrogen and oxygen atoms in total. The van der Waals surface area contributed by atoms with Crippen molar-refractivity contribution in [2.45, 2.75) is 25.5 Å². The first kappa shape index (κ1) is 13.9. The Hall–Kier alpha value is -1.17. The second kappa shape index (κ2) is 4.60. The van der Waals surface area contributed by atoms with Crippen LogP contribution in [0.2, 0.25) is 0 Å². The normalized spacial score (nSPS) is 13.3. The maximum Gasteiger partial charge on any atom is 0.356 e. The molecule has 6 heteroatoms. The van der Waals surface area contributed by atoms with E-state index in [4.69, 9.17) is 4.18 Å². The highest BCUT2D eigenvalue weighted by molar-refractivity contribution is 8.30. The van der Waals surface area contributed by atoms with Crippen molar-refractivity contribution < 1.29 is 13.7 Å². The summed E-state index contributed by atoms with van der Waals surface area (Å²) < 4.78 is 10.5. The predicted molar refractivity (Wildman–Crippen MR) is 69.7 cm³/mol. The highest BCUT2D eigenvalue weighted by Gasteiger charge is 2.31. The van der Waals surface area contributed by atoms with Crippen LogP contribution >= 0.6 is 10.3 Å². The number of nitrogens with one attached hydrogen (secondary N) is 1. The lowest BCUT2D eigenvalue weighted by Crippen LogP contribution is -2.27. The first-order valence-corrected chi connectivity index (χ1v) is 7.61. The zero-order chi connectivity index (χ0) is 13.3. The van der Waals surface area contributed by atoms with Crippen molar-refractivity contribution in [3.05, 3.63) is 11.8 Å². The molecule has 0 bridgehead atoms. The molecule has 0 aliphatic carbocycles. The van der Waals surface area contributed by atoms with Crippen LogP contribution in [0.5, 0.6) is 5.88 Å². The minimum absolute atomic E-state index is 0.0391. The van der Waals surface area contributed by atoms with Crippen LogP contribution in [0.3, 0.4) is 0 Å². The molecule has 98 valence electrons. The Bertz CT molecular complexity index is 407. The zero-order valence-electron chi connectivity index (χ0n) is 11.2. The van der Waals surface area contributed by atoms with Crippen molar-refractivity contribution in [2.24, 2.45) is 0 Å². The summed E-state index contributed by atoms with van der Waals surface area (Å²) in [6.07, 6.45) is 4.14. The van der Waals surface area contributed by atoms with Gasteiger partial charge in [-0.3, -0.25) is 5.10 Å². The summed E-state index contributed by atoms with van der Waals surface area (Å²) in [6.45, 7) is 6.36. The van der Waals surface area contributed by atoms with E-state index >= 15 is 0 Å². The van der Waals surface area contributed by atoms with Crippen molar-refractivity contribution in [2.75, 3.05) is 19.6 Å². The van der Waals surface area contributed by atoms with E-state index in [2.05, 4.69) is 48.2 Å². The van der Waals surface area contributed by atoms with E-state index in [0.717, 1.165) is 0 Å². The molecular formula is C11H20N2O3S. The smallest absolute Gasteiger partial charge is 0.356 e. The molecule has 0 unspecified atom stereocenters. The Morgan fingerprint density at radius 3 is 2.47 bits per heavy atom. The standard InChI is InChI=1S/C11H20N2O3S/c1-11(2,3)17(5,6)16-9-7-8(12-13-9)10(14)15-4/h7H,1-6H3,(H,12,13). The highest BCUT2D eigenvalue weighted by Crippen LogP contribution is 2.53. The summed E-state index contributed by atoms with van der Waals surface area (Å²) in [5.74, 6) is -0.0174. The number of carbonyl (C=O) groups is 1. The van der Waals surface area contributed by atoms with Gasteiger partial charge in [0.25, 0.3) is 0 Å². The van der Waals surface area contributed by atoms with Crippen LogP contribution in [0.4, 0.5) is 0 Å². The van der Waals surface area contributed by atoms with Gasteiger partial charge in [0.05, 0.1) is 7.11 Å². The molecule has 1 rings (SSSR count). The average molecular weight is 260 g/mol. The molecule has 0 atom stereocenters. The summed E-state index contributed by atoms with van der Waals surface area (Å²) in [6, 6.07) is 1.56. The quantitative estimate of drug-likeness (QED) is 0.847. The Balaban J connectivity index is 2.83. The maximum absolute atomic E-state index is 11.2. The number of ether oxygens (including phenoxy) is 1. The highest BCUT2D eigenvalue weighted by atomic mass is 32.3. The zero-order valence-corrected chi connectivity index (χ0v) is 12.0. The SMILES string of the molecule is COC(=O)c1cc(OS(C)(C)C(C)(C)C)n[nH]1. The number of methoxy groups -OCH3 is 1. The third-order valence-electron chi connectivity index (χ3n) is 2.73. The molecule has 0 saturated heterocycles. The van der Waals surface area contributed by atoms with E-state index in [1.165, 1.54) is 7.11 Å². The third kappa shape index (κ3) is 3.15. The van der Waals surface area contributed by atoms with Crippen LogP contribution < -0.4 is 4.18 Å². The van der Waals surface area contributed by atoms with Crippen LogP contribution in [-0.4, -0.2) is 40.5 Å². The number of hydrogen-bond acceptors (Lipinski definition) is 4. The molecule has 1 aromatic heterocycles. The number of aromatic nitrogens is 2. The van der Waals surface area contributed by atoms with E-state index in [9.17, 15) is 4.79 Å². The fourth-order valence-electron chi connectivity index (χ4n) is 0.899. The fourth-order valence-corrected chi connectivity index (χ4v) is 1.66. The minimum Gasteiger partial charge on any atom is -0.464 e. The van der Waals surface area contributed by atoms with E-state index in [0.29, 0.717) is 11.6 Å². The molecule has 0 spiro atoms. The topological polar surface area (TPSA) is 64.2 Å². The van der Waals surface area contributed by atoms with Crippen LogP contribution in [0.25, 0.3) is 0 Å². The number of hydrogen-bond donors (Lipinski definition) is 1. The first-order valence-electron chi connectivity index (χ1n) is 5.23. The van der Waals surface area contributed by atoms with Gasteiger partial charge in [-0.15, -0.1) is 5.10 Å². The molecule has 0 fully saturated rings. The third-order valence-corrected chi connectivity index (χ3v) is 6.27. The molecule has 0 aromatic carbocycles. The summed E-state index contributed by atoms with van der Waals surface area (Å²) in [5.41, 5.74) is 0.298. The number of carbonyl (C=O) groups excluding carboxylic acids is 1. The van der Waals surface area contributed by atoms with E-state index in [1.54, 1.807) is 6.07 Å². The van der Waals surface area contributed by atoms with Crippen LogP contribution in [0.15, 0.2) is 6.07 Å². The number of aromatic amines is 1. The first-order chi connectivity index (χ1) is 7.67. The molecule has 0 radical (unpaired) electrons. The van der Waals surface area contributed by atoms with Gasteiger partial charge in [-0.05, 0) is 33.3 Å². The van der Waals surface area contributed by atoms with Gasteiger partial charge in [-0.25, -0.2) is 4.79 Å². The van der Waals surface area contributed by atoms with Gasteiger partial charge in [0.2, 0.25) is 5.88 Å². The van der Waals surface area contributed by atoms with Gasteiger partial charge in [-0.1, -0.05) is 10.3 Å². The lowest BCUT2D eigenvalue weighted by Gasteiger charge is -2.42. The molecule has 1 heterocycles. The van der Waals surface area contributed by atoms with Gasteiger partial charge >= 0.3 is 5.97 Å². The van der Waals surface area contributed by atoms with Crippen LogP contribution in [-0.2, 0) is 4.74 Å². The Labute approximate surface area is 103 Å². The monoisotopic (exact) mass is 260 g/mol. The second-order valence-corrected chi connectivity index (χ2v) is 8.90. The lowest BCUT2D eigenvalue weighted by molar-refractivity contribution is 0.0594. The number of nitrogens with zero attached hydrogens (tertiary/aromatic N) is 1. The van der Waals surface area contributed by atoms with E-state index < -0.39 is 16.3 Å². The van der Waals surface area contributed by atoms with E-state index in [-0.39, 0.29) is 4.75 Å². The van der Waals surface area contributed by atoms with Gasteiger partial charge in [0.1, 0.15) is 5.69 Å². The molecule has 1 aromatic rings. The van der Waals surface area contributed by atoms with Crippen molar-refractivity contribution in [3.8, 4) is 5.88 Å². The Morgan fingerprint density at radius 2 is 2.00 bits per heavy atom. The molecule has 0 aliphatic heterocycles. The summed E-state index contributed by atoms with van der Waals surface area (Å²) >= 11 is 0. The van der Waals surface area contributed by atoms with Gasteiger partial charge in [-0.2, -0.15) is 0 Å². The van der Waals surface area contributed by atoms with Gasteiger partial charge in [0, 0.05) is 10.8 Å². The number of H-pyrrole nitrogens is 1. The molecule has 0 aliphatic rings. The van der Waals surface area contributed by atoms with Gasteiger partial charge in [0.15, 0.2) is 0 Å². The Morgan fingerprint density at radius 1 is 1.41 bits per heavy atom. The van der Waals surface area contributed by atoms with Crippen LogP contribution in [0, 0.1) is 0 Å². The fraction of sp³-hybridized carbons (Fsp3) is 0.636.